The molecule has 0 fully saturated rings. The number of ether oxygens (including phenoxy) is 1. The van der Waals surface area contributed by atoms with E-state index in [0.717, 1.165) is 5.56 Å². The van der Waals surface area contributed by atoms with Crippen LogP contribution in [0.2, 0.25) is 0 Å². The molecular weight excluding hydrogens is 260 g/mol. The lowest BCUT2D eigenvalue weighted by Crippen LogP contribution is -2.24. The number of nitrogens with one attached hydrogen (secondary N) is 2. The Labute approximate surface area is 117 Å². The van der Waals surface area contributed by atoms with Crippen molar-refractivity contribution in [1.82, 2.24) is 10.6 Å². The van der Waals surface area contributed by atoms with Gasteiger partial charge in [-0.1, -0.05) is 11.2 Å². The van der Waals surface area contributed by atoms with E-state index in [-0.39, 0.29) is 11.7 Å². The summed E-state index contributed by atoms with van der Waals surface area (Å²) in [4.78, 5) is 11.1. The topological polar surface area (TPSA) is 109 Å². The molecule has 1 amide bonds. The van der Waals surface area contributed by atoms with Crippen LogP contribution in [-0.2, 0) is 11.3 Å². The van der Waals surface area contributed by atoms with Gasteiger partial charge in [0.25, 0.3) is 0 Å². The Morgan fingerprint density at radius 1 is 1.50 bits per heavy atom. The second-order valence-electron chi connectivity index (χ2n) is 4.12. The summed E-state index contributed by atoms with van der Waals surface area (Å²) in [6.07, 6.45) is 0.426. The van der Waals surface area contributed by atoms with E-state index >= 15 is 0 Å². The van der Waals surface area contributed by atoms with Gasteiger partial charge in [-0.25, -0.2) is 0 Å². The van der Waals surface area contributed by atoms with Gasteiger partial charge in [-0.15, -0.1) is 0 Å². The number of hydrogen-bond donors (Lipinski definition) is 4. The van der Waals surface area contributed by atoms with Gasteiger partial charge in [0, 0.05) is 26.6 Å². The molecular formula is C13H20N4O3. The number of oxime groups is 1. The monoisotopic (exact) mass is 280 g/mol. The lowest BCUT2D eigenvalue weighted by atomic mass is 10.1. The van der Waals surface area contributed by atoms with Crippen molar-refractivity contribution in [2.24, 2.45) is 10.9 Å². The van der Waals surface area contributed by atoms with Crippen molar-refractivity contribution >= 4 is 11.7 Å². The molecule has 1 aromatic rings. The van der Waals surface area contributed by atoms with E-state index in [2.05, 4.69) is 15.8 Å². The maximum Gasteiger partial charge on any atom is 0.221 e. The average Bonchev–Trinajstić information content (AvgIpc) is 2.50. The Balaban J connectivity index is 2.62. The molecule has 1 rings (SSSR count). The minimum atomic E-state index is -0.00244. The third kappa shape index (κ3) is 4.43. The summed E-state index contributed by atoms with van der Waals surface area (Å²) in [7, 11) is 3.13. The first-order valence-electron chi connectivity index (χ1n) is 6.18. The summed E-state index contributed by atoms with van der Waals surface area (Å²) in [5, 5.41) is 17.4. The van der Waals surface area contributed by atoms with Crippen molar-refractivity contribution in [1.29, 1.82) is 0 Å². The van der Waals surface area contributed by atoms with Crippen molar-refractivity contribution in [2.45, 2.75) is 13.0 Å². The lowest BCUT2D eigenvalue weighted by Gasteiger charge is -2.10. The van der Waals surface area contributed by atoms with Crippen LogP contribution in [0, 0.1) is 0 Å². The number of rotatable bonds is 7. The summed E-state index contributed by atoms with van der Waals surface area (Å²) in [6.45, 7) is 1.19. The maximum absolute atomic E-state index is 11.1. The van der Waals surface area contributed by atoms with Gasteiger partial charge in [-0.3, -0.25) is 4.79 Å². The minimum Gasteiger partial charge on any atom is -0.496 e. The number of nitrogens with zero attached hydrogens (tertiary/aromatic N) is 1. The second-order valence-corrected chi connectivity index (χ2v) is 4.12. The second kappa shape index (κ2) is 8.00. The van der Waals surface area contributed by atoms with Gasteiger partial charge in [0.15, 0.2) is 5.84 Å². The number of amides is 1. The molecule has 20 heavy (non-hydrogen) atoms. The van der Waals surface area contributed by atoms with Crippen molar-refractivity contribution in [3.63, 3.8) is 0 Å². The Kier molecular flexibility index (Phi) is 6.31. The molecule has 0 saturated carbocycles. The highest BCUT2D eigenvalue weighted by atomic mass is 16.5. The van der Waals surface area contributed by atoms with E-state index in [0.29, 0.717) is 30.8 Å². The molecule has 0 aliphatic carbocycles. The molecule has 0 aromatic heterocycles. The highest BCUT2D eigenvalue weighted by Crippen LogP contribution is 2.19. The van der Waals surface area contributed by atoms with E-state index in [4.69, 9.17) is 15.7 Å². The highest BCUT2D eigenvalue weighted by molar-refractivity contribution is 5.99. The number of carbonyl (C=O) groups is 1. The number of methoxy groups -OCH3 is 1. The maximum atomic E-state index is 11.1. The predicted molar refractivity (Wildman–Crippen MR) is 75.9 cm³/mol. The first-order valence-corrected chi connectivity index (χ1v) is 6.18. The SMILES string of the molecule is CNC(=O)CCNCc1ccc(/C(N)=N/O)c(OC)c1. The van der Waals surface area contributed by atoms with Crippen LogP contribution in [0.5, 0.6) is 5.75 Å². The number of nitrogens with two attached hydrogens (primary N) is 1. The van der Waals surface area contributed by atoms with Gasteiger partial charge in [-0.05, 0) is 17.7 Å². The molecule has 0 heterocycles. The Hall–Kier alpha value is -2.28. The van der Waals surface area contributed by atoms with Crippen LogP contribution in [0.15, 0.2) is 23.4 Å². The molecule has 0 spiro atoms. The van der Waals surface area contributed by atoms with Crippen molar-refractivity contribution in [3.05, 3.63) is 29.3 Å². The van der Waals surface area contributed by atoms with E-state index < -0.39 is 0 Å². The van der Waals surface area contributed by atoms with Gasteiger partial charge in [-0.2, -0.15) is 0 Å². The standard InChI is InChI=1S/C13H20N4O3/c1-15-12(18)5-6-16-8-9-3-4-10(13(14)17-19)11(7-9)20-2/h3-4,7,16,19H,5-6,8H2,1-2H3,(H2,14,17)(H,15,18). The fourth-order valence-corrected chi connectivity index (χ4v) is 1.67. The number of hydrogen-bond acceptors (Lipinski definition) is 5. The van der Waals surface area contributed by atoms with E-state index in [9.17, 15) is 4.79 Å². The summed E-state index contributed by atoms with van der Waals surface area (Å²) in [6, 6.07) is 5.38. The Bertz CT molecular complexity index is 489. The number of benzene rings is 1. The fourth-order valence-electron chi connectivity index (χ4n) is 1.67. The summed E-state index contributed by atoms with van der Waals surface area (Å²) in [5.41, 5.74) is 7.06. The Morgan fingerprint density at radius 2 is 2.25 bits per heavy atom. The normalized spacial score (nSPS) is 11.2. The lowest BCUT2D eigenvalue weighted by molar-refractivity contribution is -0.120. The largest absolute Gasteiger partial charge is 0.496 e. The predicted octanol–water partition coefficient (Wildman–Crippen LogP) is 0.0154. The van der Waals surface area contributed by atoms with Crippen molar-refractivity contribution in [3.8, 4) is 5.75 Å². The molecule has 5 N–H and O–H groups in total. The third-order valence-corrected chi connectivity index (χ3v) is 2.79. The molecule has 110 valence electrons. The molecule has 7 nitrogen and oxygen atoms in total. The van der Waals surface area contributed by atoms with Crippen LogP contribution >= 0.6 is 0 Å². The first-order chi connectivity index (χ1) is 9.62. The average molecular weight is 280 g/mol. The summed E-state index contributed by atoms with van der Waals surface area (Å²) < 4.78 is 5.21. The molecule has 0 unspecified atom stereocenters. The molecule has 0 saturated heterocycles. The molecule has 0 atom stereocenters. The van der Waals surface area contributed by atoms with Crippen LogP contribution in [-0.4, -0.2) is 37.7 Å². The zero-order chi connectivity index (χ0) is 15.0. The third-order valence-electron chi connectivity index (χ3n) is 2.79. The van der Waals surface area contributed by atoms with Crippen LogP contribution < -0.4 is 21.1 Å². The number of carbonyl (C=O) groups excluding carboxylic acids is 1. The van der Waals surface area contributed by atoms with Gasteiger partial charge in [0.05, 0.1) is 12.7 Å². The van der Waals surface area contributed by atoms with Gasteiger partial charge in [0.1, 0.15) is 5.75 Å². The minimum absolute atomic E-state index is 0.000904. The zero-order valence-electron chi connectivity index (χ0n) is 11.6. The fraction of sp³-hybridized carbons (Fsp3) is 0.385. The van der Waals surface area contributed by atoms with Gasteiger partial charge >= 0.3 is 0 Å². The highest BCUT2D eigenvalue weighted by Gasteiger charge is 2.08. The molecule has 7 heteroatoms. The van der Waals surface area contributed by atoms with Gasteiger partial charge in [0.2, 0.25) is 5.91 Å². The van der Waals surface area contributed by atoms with Gasteiger partial charge < -0.3 is 26.3 Å². The van der Waals surface area contributed by atoms with E-state index in [1.165, 1.54) is 7.11 Å². The number of amidine groups is 1. The smallest absolute Gasteiger partial charge is 0.221 e. The molecule has 0 bridgehead atoms. The summed E-state index contributed by atoms with van der Waals surface area (Å²) >= 11 is 0. The van der Waals surface area contributed by atoms with Crippen LogP contribution in [0.3, 0.4) is 0 Å². The molecule has 0 aliphatic heterocycles. The van der Waals surface area contributed by atoms with E-state index in [1.807, 2.05) is 6.07 Å². The van der Waals surface area contributed by atoms with Crippen LogP contribution in [0.4, 0.5) is 0 Å². The zero-order valence-corrected chi connectivity index (χ0v) is 11.6. The molecule has 1 aromatic carbocycles. The summed E-state index contributed by atoms with van der Waals surface area (Å²) in [5.74, 6) is 0.532. The van der Waals surface area contributed by atoms with E-state index in [1.54, 1.807) is 19.2 Å². The molecule has 0 radical (unpaired) electrons. The first kappa shape index (κ1) is 15.8. The van der Waals surface area contributed by atoms with Crippen LogP contribution in [0.25, 0.3) is 0 Å². The van der Waals surface area contributed by atoms with Crippen molar-refractivity contribution in [2.75, 3.05) is 20.7 Å². The van der Waals surface area contributed by atoms with Crippen molar-refractivity contribution < 1.29 is 14.7 Å². The van der Waals surface area contributed by atoms with Crippen LogP contribution in [0.1, 0.15) is 17.5 Å². The quantitative estimate of drug-likeness (QED) is 0.185. The Morgan fingerprint density at radius 3 is 2.85 bits per heavy atom. The molecule has 0 aliphatic rings.